The van der Waals surface area contributed by atoms with Crippen LogP contribution in [0, 0.1) is 5.92 Å². The van der Waals surface area contributed by atoms with E-state index in [4.69, 9.17) is 15.9 Å². The fourth-order valence-electron chi connectivity index (χ4n) is 0.888. The van der Waals surface area contributed by atoms with Crippen LogP contribution in [0.3, 0.4) is 0 Å². The van der Waals surface area contributed by atoms with Gasteiger partial charge in [-0.05, 0) is 6.42 Å². The quantitative estimate of drug-likeness (QED) is 0.422. The molecule has 82 valence electrons. The number of carboxylic acids is 1. The van der Waals surface area contributed by atoms with Gasteiger partial charge in [0.25, 0.3) is 0 Å². The summed E-state index contributed by atoms with van der Waals surface area (Å²) in [6.45, 7) is 1.74. The summed E-state index contributed by atoms with van der Waals surface area (Å²) < 4.78 is 0. The molecule has 2 unspecified atom stereocenters. The molecule has 0 aliphatic heterocycles. The van der Waals surface area contributed by atoms with E-state index in [-0.39, 0.29) is 24.9 Å². The molecule has 0 aromatic carbocycles. The Morgan fingerprint density at radius 2 is 2.07 bits per heavy atom. The lowest BCUT2D eigenvalue weighted by Gasteiger charge is -2.13. The molecule has 0 aromatic heterocycles. The molecular formula is C8H16N2O4. The topological polar surface area (TPSA) is 113 Å². The number of aliphatic hydroxyl groups is 1. The first-order valence-electron chi connectivity index (χ1n) is 4.41. The summed E-state index contributed by atoms with van der Waals surface area (Å²) in [6.07, 6.45) is -0.972. The lowest BCUT2D eigenvalue weighted by molar-refractivity contribution is -0.146. The minimum absolute atomic E-state index is 0.214. The van der Waals surface area contributed by atoms with Gasteiger partial charge in [-0.3, -0.25) is 4.79 Å². The van der Waals surface area contributed by atoms with E-state index >= 15 is 0 Å². The van der Waals surface area contributed by atoms with Crippen LogP contribution in [0.15, 0.2) is 0 Å². The van der Waals surface area contributed by atoms with Crippen LogP contribution in [-0.2, 0) is 9.59 Å². The highest BCUT2D eigenvalue weighted by Gasteiger charge is 2.18. The molecule has 1 amide bonds. The number of aliphatic carboxylic acids is 1. The molecule has 0 aliphatic rings. The Hall–Kier alpha value is -1.14. The summed E-state index contributed by atoms with van der Waals surface area (Å²) in [5.74, 6) is -2.00. The van der Waals surface area contributed by atoms with Crippen molar-refractivity contribution in [1.82, 2.24) is 5.32 Å². The lowest BCUT2D eigenvalue weighted by atomic mass is 10.1. The van der Waals surface area contributed by atoms with Gasteiger partial charge in [0, 0.05) is 12.5 Å². The van der Waals surface area contributed by atoms with Crippen LogP contribution in [0.4, 0.5) is 0 Å². The second kappa shape index (κ2) is 6.33. The smallest absolute Gasteiger partial charge is 0.334 e. The largest absolute Gasteiger partial charge is 0.479 e. The molecule has 0 heterocycles. The van der Waals surface area contributed by atoms with E-state index in [1.807, 2.05) is 6.92 Å². The summed E-state index contributed by atoms with van der Waals surface area (Å²) in [6, 6.07) is 0. The number of carboxylic acid groups (broad SMARTS) is 1. The Morgan fingerprint density at radius 3 is 2.43 bits per heavy atom. The van der Waals surface area contributed by atoms with Crippen LogP contribution in [0.1, 0.15) is 13.3 Å². The number of nitrogens with one attached hydrogen (secondary N) is 1. The Labute approximate surface area is 82.1 Å². The third-order valence-corrected chi connectivity index (χ3v) is 1.90. The van der Waals surface area contributed by atoms with Crippen molar-refractivity contribution in [3.8, 4) is 0 Å². The highest BCUT2D eigenvalue weighted by atomic mass is 16.4. The molecule has 0 spiro atoms. The van der Waals surface area contributed by atoms with Gasteiger partial charge in [-0.15, -0.1) is 0 Å². The maximum Gasteiger partial charge on any atom is 0.334 e. The second-order valence-corrected chi connectivity index (χ2v) is 2.94. The van der Waals surface area contributed by atoms with Gasteiger partial charge in [0.2, 0.25) is 5.91 Å². The Balaban J connectivity index is 3.89. The van der Waals surface area contributed by atoms with Crippen LogP contribution >= 0.6 is 0 Å². The van der Waals surface area contributed by atoms with Crippen molar-refractivity contribution in [2.24, 2.45) is 11.7 Å². The summed E-state index contributed by atoms with van der Waals surface area (Å²) in [5, 5.41) is 19.5. The first-order chi connectivity index (χ1) is 6.52. The van der Waals surface area contributed by atoms with Gasteiger partial charge in [-0.2, -0.15) is 0 Å². The van der Waals surface area contributed by atoms with Gasteiger partial charge < -0.3 is 21.3 Å². The van der Waals surface area contributed by atoms with Crippen LogP contribution < -0.4 is 11.1 Å². The van der Waals surface area contributed by atoms with E-state index in [0.717, 1.165) is 0 Å². The molecule has 6 heteroatoms. The van der Waals surface area contributed by atoms with Crippen molar-refractivity contribution in [3.63, 3.8) is 0 Å². The molecular weight excluding hydrogens is 188 g/mol. The van der Waals surface area contributed by atoms with E-state index in [0.29, 0.717) is 6.42 Å². The molecule has 0 saturated carbocycles. The van der Waals surface area contributed by atoms with Crippen molar-refractivity contribution in [1.29, 1.82) is 0 Å². The number of rotatable bonds is 6. The predicted octanol–water partition coefficient (Wildman–Crippen LogP) is -1.47. The number of hydrogen-bond acceptors (Lipinski definition) is 4. The Morgan fingerprint density at radius 1 is 1.50 bits per heavy atom. The molecule has 0 aliphatic carbocycles. The Bertz CT molecular complexity index is 204. The van der Waals surface area contributed by atoms with Gasteiger partial charge in [0.1, 0.15) is 0 Å². The van der Waals surface area contributed by atoms with Gasteiger partial charge in [-0.1, -0.05) is 6.92 Å². The molecule has 0 rings (SSSR count). The third kappa shape index (κ3) is 4.20. The van der Waals surface area contributed by atoms with Gasteiger partial charge in [-0.25, -0.2) is 4.79 Å². The summed E-state index contributed by atoms with van der Waals surface area (Å²) >= 11 is 0. The highest BCUT2D eigenvalue weighted by molar-refractivity contribution is 5.80. The molecule has 2 atom stereocenters. The number of nitrogens with two attached hydrogens (primary N) is 1. The first kappa shape index (κ1) is 12.9. The Kier molecular flexibility index (Phi) is 5.82. The van der Waals surface area contributed by atoms with Gasteiger partial charge in [0.15, 0.2) is 6.10 Å². The molecule has 0 bridgehead atoms. The molecule has 5 N–H and O–H groups in total. The number of amides is 1. The minimum atomic E-state index is -1.56. The monoisotopic (exact) mass is 204 g/mol. The third-order valence-electron chi connectivity index (χ3n) is 1.90. The molecule has 0 radical (unpaired) electrons. The van der Waals surface area contributed by atoms with E-state index in [9.17, 15) is 9.59 Å². The average molecular weight is 204 g/mol. The zero-order valence-electron chi connectivity index (χ0n) is 8.06. The van der Waals surface area contributed by atoms with Gasteiger partial charge >= 0.3 is 5.97 Å². The van der Waals surface area contributed by atoms with Crippen LogP contribution in [0.25, 0.3) is 0 Å². The summed E-state index contributed by atoms with van der Waals surface area (Å²) in [5.41, 5.74) is 5.31. The zero-order valence-corrected chi connectivity index (χ0v) is 8.06. The van der Waals surface area contributed by atoms with Crippen LogP contribution in [0.2, 0.25) is 0 Å². The van der Waals surface area contributed by atoms with Crippen molar-refractivity contribution in [2.45, 2.75) is 19.4 Å². The van der Waals surface area contributed by atoms with E-state index < -0.39 is 12.1 Å². The number of aliphatic hydroxyl groups excluding tert-OH is 1. The lowest BCUT2D eigenvalue weighted by Crippen LogP contribution is -2.41. The fraction of sp³-hybridized carbons (Fsp3) is 0.750. The van der Waals surface area contributed by atoms with Crippen molar-refractivity contribution in [3.05, 3.63) is 0 Å². The second-order valence-electron chi connectivity index (χ2n) is 2.94. The molecule has 6 nitrogen and oxygen atoms in total. The van der Waals surface area contributed by atoms with Crippen molar-refractivity contribution < 1.29 is 19.8 Å². The summed E-state index contributed by atoms with van der Waals surface area (Å²) in [4.78, 5) is 21.4. The number of carbonyl (C=O) groups is 2. The fourth-order valence-corrected chi connectivity index (χ4v) is 0.888. The van der Waals surface area contributed by atoms with E-state index in [1.165, 1.54) is 0 Å². The van der Waals surface area contributed by atoms with E-state index in [2.05, 4.69) is 5.32 Å². The minimum Gasteiger partial charge on any atom is -0.479 e. The van der Waals surface area contributed by atoms with E-state index in [1.54, 1.807) is 0 Å². The molecule has 14 heavy (non-hydrogen) atoms. The molecule has 0 aromatic rings. The normalized spacial score (nSPS) is 14.5. The maximum atomic E-state index is 11.2. The standard InChI is InChI=1S/C8H16N2O4/c1-2-5(3-9)7(12)10-4-6(11)8(13)14/h5-6,11H,2-4,9H2,1H3,(H,10,12)(H,13,14). The molecule has 0 fully saturated rings. The maximum absolute atomic E-state index is 11.2. The van der Waals surface area contributed by atoms with Gasteiger partial charge in [0.05, 0.1) is 6.54 Å². The average Bonchev–Trinajstić information content (AvgIpc) is 2.15. The van der Waals surface area contributed by atoms with Crippen LogP contribution in [0.5, 0.6) is 0 Å². The summed E-state index contributed by atoms with van der Waals surface area (Å²) in [7, 11) is 0. The SMILES string of the molecule is CCC(CN)C(=O)NCC(O)C(=O)O. The van der Waals surface area contributed by atoms with Crippen molar-refractivity contribution >= 4 is 11.9 Å². The number of carbonyl (C=O) groups excluding carboxylic acids is 1. The van der Waals surface area contributed by atoms with Crippen LogP contribution in [-0.4, -0.2) is 41.3 Å². The number of hydrogen-bond donors (Lipinski definition) is 4. The van der Waals surface area contributed by atoms with Crippen molar-refractivity contribution in [2.75, 3.05) is 13.1 Å². The molecule has 0 saturated heterocycles. The highest BCUT2D eigenvalue weighted by Crippen LogP contribution is 1.99. The predicted molar refractivity (Wildman–Crippen MR) is 49.5 cm³/mol. The first-order valence-corrected chi connectivity index (χ1v) is 4.41. The zero-order chi connectivity index (χ0) is 11.1.